The lowest BCUT2D eigenvalue weighted by atomic mass is 10.0. The van der Waals surface area contributed by atoms with Gasteiger partial charge in [0, 0.05) is 19.6 Å². The van der Waals surface area contributed by atoms with E-state index in [2.05, 4.69) is 16.7 Å². The summed E-state index contributed by atoms with van der Waals surface area (Å²) < 4.78 is 5.12. The molecule has 0 aliphatic carbocycles. The molecule has 0 radical (unpaired) electrons. The molecule has 0 unspecified atom stereocenters. The first-order valence-electron chi connectivity index (χ1n) is 6.03. The smallest absolute Gasteiger partial charge is 0.137 e. The van der Waals surface area contributed by atoms with Crippen LogP contribution in [0.2, 0.25) is 5.02 Å². The Balaban J connectivity index is 1.72. The van der Waals surface area contributed by atoms with Crippen molar-refractivity contribution in [3.63, 3.8) is 0 Å². The van der Waals surface area contributed by atoms with Crippen molar-refractivity contribution in [2.24, 2.45) is 5.92 Å². The quantitative estimate of drug-likeness (QED) is 0.759. The van der Waals surface area contributed by atoms with Gasteiger partial charge in [-0.3, -0.25) is 0 Å². The predicted molar refractivity (Wildman–Crippen MR) is 70.9 cm³/mol. The molecule has 1 aliphatic heterocycles. The number of methoxy groups -OCH3 is 1. The maximum absolute atomic E-state index is 6.07. The SMILES string of the molecule is COc1ccc(CCNCC2CNC2)cc1Cl. The first-order chi connectivity index (χ1) is 8.29. The van der Waals surface area contributed by atoms with Crippen LogP contribution >= 0.6 is 11.6 Å². The Bertz CT molecular complexity index is 366. The van der Waals surface area contributed by atoms with E-state index in [4.69, 9.17) is 16.3 Å². The second-order valence-corrected chi connectivity index (χ2v) is 4.85. The number of ether oxygens (including phenoxy) is 1. The van der Waals surface area contributed by atoms with Gasteiger partial charge >= 0.3 is 0 Å². The Morgan fingerprint density at radius 1 is 1.47 bits per heavy atom. The zero-order chi connectivity index (χ0) is 12.1. The third-order valence-electron chi connectivity index (χ3n) is 3.11. The molecule has 1 heterocycles. The molecular weight excluding hydrogens is 236 g/mol. The van der Waals surface area contributed by atoms with Crippen molar-refractivity contribution >= 4 is 11.6 Å². The molecule has 17 heavy (non-hydrogen) atoms. The van der Waals surface area contributed by atoms with Crippen LogP contribution in [0, 0.1) is 5.92 Å². The van der Waals surface area contributed by atoms with E-state index < -0.39 is 0 Å². The molecular formula is C13H19ClN2O. The van der Waals surface area contributed by atoms with Crippen molar-refractivity contribution in [3.8, 4) is 5.75 Å². The lowest BCUT2D eigenvalue weighted by Gasteiger charge is -2.27. The maximum atomic E-state index is 6.07. The summed E-state index contributed by atoms with van der Waals surface area (Å²) in [7, 11) is 1.63. The number of hydrogen-bond donors (Lipinski definition) is 2. The minimum Gasteiger partial charge on any atom is -0.495 e. The zero-order valence-electron chi connectivity index (χ0n) is 10.1. The first kappa shape index (κ1) is 12.7. The van der Waals surface area contributed by atoms with Crippen molar-refractivity contribution in [3.05, 3.63) is 28.8 Å². The Labute approximate surface area is 107 Å². The van der Waals surface area contributed by atoms with Crippen LogP contribution in [-0.4, -0.2) is 33.3 Å². The summed E-state index contributed by atoms with van der Waals surface area (Å²) >= 11 is 6.07. The van der Waals surface area contributed by atoms with Gasteiger partial charge in [0.15, 0.2) is 0 Å². The summed E-state index contributed by atoms with van der Waals surface area (Å²) in [5.41, 5.74) is 1.25. The van der Waals surface area contributed by atoms with E-state index in [0.29, 0.717) is 5.02 Å². The Kier molecular flexibility index (Phi) is 4.66. The lowest BCUT2D eigenvalue weighted by Crippen LogP contribution is -2.47. The van der Waals surface area contributed by atoms with Crippen LogP contribution in [0.4, 0.5) is 0 Å². The number of benzene rings is 1. The summed E-state index contributed by atoms with van der Waals surface area (Å²) in [6, 6.07) is 5.97. The fourth-order valence-corrected chi connectivity index (χ4v) is 2.18. The number of nitrogens with one attached hydrogen (secondary N) is 2. The van der Waals surface area contributed by atoms with Crippen LogP contribution in [0.5, 0.6) is 5.75 Å². The Hall–Kier alpha value is -0.770. The van der Waals surface area contributed by atoms with Crippen molar-refractivity contribution in [1.29, 1.82) is 0 Å². The van der Waals surface area contributed by atoms with Crippen molar-refractivity contribution in [2.75, 3.05) is 33.3 Å². The number of hydrogen-bond acceptors (Lipinski definition) is 3. The third-order valence-corrected chi connectivity index (χ3v) is 3.40. The van der Waals surface area contributed by atoms with Crippen molar-refractivity contribution < 1.29 is 4.74 Å². The number of halogens is 1. The van der Waals surface area contributed by atoms with E-state index in [1.165, 1.54) is 5.56 Å². The van der Waals surface area contributed by atoms with Gasteiger partial charge in [0.2, 0.25) is 0 Å². The van der Waals surface area contributed by atoms with Gasteiger partial charge in [-0.1, -0.05) is 17.7 Å². The molecule has 1 aromatic rings. The summed E-state index contributed by atoms with van der Waals surface area (Å²) in [6.07, 6.45) is 1.00. The van der Waals surface area contributed by atoms with Gasteiger partial charge in [0.25, 0.3) is 0 Å². The molecule has 0 spiro atoms. The van der Waals surface area contributed by atoms with Crippen molar-refractivity contribution in [2.45, 2.75) is 6.42 Å². The highest BCUT2D eigenvalue weighted by atomic mass is 35.5. The Morgan fingerprint density at radius 2 is 2.29 bits per heavy atom. The molecule has 94 valence electrons. The van der Waals surface area contributed by atoms with Crippen LogP contribution in [0.1, 0.15) is 5.56 Å². The van der Waals surface area contributed by atoms with E-state index in [1.807, 2.05) is 12.1 Å². The van der Waals surface area contributed by atoms with Crippen LogP contribution in [0.25, 0.3) is 0 Å². The molecule has 1 fully saturated rings. The van der Waals surface area contributed by atoms with Crippen LogP contribution in [0.3, 0.4) is 0 Å². The van der Waals surface area contributed by atoms with Crippen LogP contribution < -0.4 is 15.4 Å². The van der Waals surface area contributed by atoms with Gasteiger partial charge in [-0.2, -0.15) is 0 Å². The molecule has 0 saturated carbocycles. The molecule has 0 amide bonds. The lowest BCUT2D eigenvalue weighted by molar-refractivity contribution is 0.333. The summed E-state index contributed by atoms with van der Waals surface area (Å²) in [5, 5.41) is 7.43. The Morgan fingerprint density at radius 3 is 2.88 bits per heavy atom. The fourth-order valence-electron chi connectivity index (χ4n) is 1.90. The van der Waals surface area contributed by atoms with E-state index >= 15 is 0 Å². The standard InChI is InChI=1S/C13H19ClN2O/c1-17-13-3-2-10(6-12(13)14)4-5-15-7-11-8-16-9-11/h2-3,6,11,15-16H,4-5,7-9H2,1H3. The van der Waals surface area contributed by atoms with E-state index in [1.54, 1.807) is 7.11 Å². The summed E-state index contributed by atoms with van der Waals surface area (Å²) in [6.45, 7) is 4.42. The van der Waals surface area contributed by atoms with Gasteiger partial charge in [-0.05, 0) is 36.6 Å². The zero-order valence-corrected chi connectivity index (χ0v) is 10.9. The highest BCUT2D eigenvalue weighted by Crippen LogP contribution is 2.24. The average molecular weight is 255 g/mol. The normalized spacial score (nSPS) is 15.6. The van der Waals surface area contributed by atoms with Crippen molar-refractivity contribution in [1.82, 2.24) is 10.6 Å². The van der Waals surface area contributed by atoms with Gasteiger partial charge in [-0.15, -0.1) is 0 Å². The molecule has 4 heteroatoms. The molecule has 0 atom stereocenters. The largest absolute Gasteiger partial charge is 0.495 e. The molecule has 1 saturated heterocycles. The van der Waals surface area contributed by atoms with Gasteiger partial charge in [-0.25, -0.2) is 0 Å². The minimum atomic E-state index is 0.688. The van der Waals surface area contributed by atoms with Gasteiger partial charge < -0.3 is 15.4 Å². The highest BCUT2D eigenvalue weighted by Gasteiger charge is 2.15. The fraction of sp³-hybridized carbons (Fsp3) is 0.538. The van der Waals surface area contributed by atoms with Gasteiger partial charge in [0.05, 0.1) is 12.1 Å². The highest BCUT2D eigenvalue weighted by molar-refractivity contribution is 6.32. The second-order valence-electron chi connectivity index (χ2n) is 4.45. The minimum absolute atomic E-state index is 0.688. The molecule has 0 bridgehead atoms. The molecule has 1 aliphatic rings. The molecule has 2 rings (SSSR count). The summed E-state index contributed by atoms with van der Waals surface area (Å²) in [4.78, 5) is 0. The van der Waals surface area contributed by atoms with E-state index in [9.17, 15) is 0 Å². The maximum Gasteiger partial charge on any atom is 0.137 e. The summed E-state index contributed by atoms with van der Waals surface area (Å²) in [5.74, 6) is 1.55. The second kappa shape index (κ2) is 6.24. The number of rotatable bonds is 6. The van der Waals surface area contributed by atoms with Crippen LogP contribution in [0.15, 0.2) is 18.2 Å². The molecule has 3 nitrogen and oxygen atoms in total. The molecule has 2 N–H and O–H groups in total. The third kappa shape index (κ3) is 3.60. The average Bonchev–Trinajstić information content (AvgIpc) is 2.26. The van der Waals surface area contributed by atoms with Gasteiger partial charge in [0.1, 0.15) is 5.75 Å². The van der Waals surface area contributed by atoms with E-state index in [0.717, 1.165) is 44.3 Å². The predicted octanol–water partition coefficient (Wildman–Crippen LogP) is 1.70. The topological polar surface area (TPSA) is 33.3 Å². The molecule has 0 aromatic heterocycles. The monoisotopic (exact) mass is 254 g/mol. The van der Waals surface area contributed by atoms with Crippen LogP contribution in [-0.2, 0) is 6.42 Å². The van der Waals surface area contributed by atoms with E-state index in [-0.39, 0.29) is 0 Å². The molecule has 1 aromatic carbocycles. The first-order valence-corrected chi connectivity index (χ1v) is 6.41.